The number of hydrogen-bond acceptors (Lipinski definition) is 0. The van der Waals surface area contributed by atoms with Gasteiger partial charge in [0.05, 0.1) is 0 Å². The molecule has 0 fully saturated rings. The zero-order valence-corrected chi connectivity index (χ0v) is 8.35. The van der Waals surface area contributed by atoms with E-state index in [0.29, 0.717) is 0 Å². The lowest BCUT2D eigenvalue weighted by molar-refractivity contribution is 1.01. The lowest BCUT2D eigenvalue weighted by Crippen LogP contribution is -2.31. The number of hydrogen-bond donors (Lipinski definition) is 0. The lowest BCUT2D eigenvalue weighted by atomic mass is 10.6. The van der Waals surface area contributed by atoms with E-state index < -0.39 is 8.07 Å². The molecular formula is C9H18Si. The highest BCUT2D eigenvalue weighted by Gasteiger charge is 2.26. The van der Waals surface area contributed by atoms with Gasteiger partial charge in [0.1, 0.15) is 8.07 Å². The minimum Gasteiger partial charge on any atom is -0.107 e. The molecule has 0 aliphatic carbocycles. The van der Waals surface area contributed by atoms with E-state index in [1.807, 2.05) is 0 Å². The van der Waals surface area contributed by atoms with Gasteiger partial charge in [-0.15, -0.1) is 13.2 Å². The largest absolute Gasteiger partial charge is 0.107 e. The first kappa shape index (κ1) is 9.70. The van der Waals surface area contributed by atoms with Crippen molar-refractivity contribution in [2.45, 2.75) is 32.4 Å². The van der Waals surface area contributed by atoms with Gasteiger partial charge in [-0.05, 0) is 5.54 Å². The van der Waals surface area contributed by atoms with E-state index in [9.17, 15) is 0 Å². The summed E-state index contributed by atoms with van der Waals surface area (Å²) in [6.07, 6.45) is 0. The van der Waals surface area contributed by atoms with Crippen molar-refractivity contribution in [3.05, 3.63) is 24.6 Å². The summed E-state index contributed by atoms with van der Waals surface area (Å²) < 4.78 is 0. The first-order valence-electron chi connectivity index (χ1n) is 3.90. The Balaban J connectivity index is 4.45. The average Bonchev–Trinajstić information content (AvgIpc) is 1.92. The molecule has 0 unspecified atom stereocenters. The van der Waals surface area contributed by atoms with Crippen LogP contribution in [-0.2, 0) is 0 Å². The molecule has 58 valence electrons. The first-order valence-corrected chi connectivity index (χ1v) is 6.34. The molecule has 10 heavy (non-hydrogen) atoms. The van der Waals surface area contributed by atoms with Gasteiger partial charge in [0, 0.05) is 0 Å². The minimum atomic E-state index is -1.27. The molecule has 0 N–H and O–H groups in total. The van der Waals surface area contributed by atoms with Crippen molar-refractivity contribution in [3.63, 3.8) is 0 Å². The van der Waals surface area contributed by atoms with Crippen LogP contribution in [0.5, 0.6) is 0 Å². The Bertz CT molecular complexity index is 117. The van der Waals surface area contributed by atoms with Crippen LogP contribution in [0.3, 0.4) is 0 Å². The van der Waals surface area contributed by atoms with E-state index >= 15 is 0 Å². The summed E-state index contributed by atoms with van der Waals surface area (Å²) in [5.41, 5.74) is 5.03. The molecule has 0 saturated carbocycles. The summed E-state index contributed by atoms with van der Waals surface area (Å²) in [6, 6.07) is 1.23. The molecule has 0 rings (SSSR count). The Morgan fingerprint density at radius 1 is 1.30 bits per heavy atom. The van der Waals surface area contributed by atoms with Crippen LogP contribution in [0.15, 0.2) is 24.6 Å². The zero-order valence-electron chi connectivity index (χ0n) is 7.35. The molecule has 0 aliphatic heterocycles. The van der Waals surface area contributed by atoms with Crippen LogP contribution in [0.25, 0.3) is 0 Å². The average molecular weight is 154 g/mol. The normalized spacial score (nSPS) is 11.6. The fourth-order valence-electron chi connectivity index (χ4n) is 1.25. The summed E-state index contributed by atoms with van der Waals surface area (Å²) in [6.45, 7) is 14.5. The summed E-state index contributed by atoms with van der Waals surface area (Å²) in [5, 5.41) is 0. The summed E-state index contributed by atoms with van der Waals surface area (Å²) in [7, 11) is -1.27. The van der Waals surface area contributed by atoms with Crippen molar-refractivity contribution in [3.8, 4) is 0 Å². The Morgan fingerprint density at radius 2 is 1.70 bits per heavy atom. The van der Waals surface area contributed by atoms with E-state index in [2.05, 4.69) is 45.3 Å². The molecule has 0 saturated heterocycles. The van der Waals surface area contributed by atoms with Gasteiger partial charge in [-0.1, -0.05) is 38.2 Å². The molecule has 0 aliphatic rings. The molecule has 0 aromatic heterocycles. The highest BCUT2D eigenvalue weighted by Crippen LogP contribution is 2.26. The minimum absolute atomic E-state index is 0.743. The van der Waals surface area contributed by atoms with E-state index in [4.69, 9.17) is 0 Å². The van der Waals surface area contributed by atoms with Gasteiger partial charge >= 0.3 is 0 Å². The second-order valence-electron chi connectivity index (χ2n) is 3.03. The maximum absolute atomic E-state index is 3.89. The summed E-state index contributed by atoms with van der Waals surface area (Å²) >= 11 is 0. The molecule has 0 atom stereocenters. The molecule has 0 heterocycles. The molecule has 1 heteroatoms. The fourth-order valence-corrected chi connectivity index (χ4v) is 3.75. The predicted octanol–water partition coefficient (Wildman–Crippen LogP) is 3.32. The SMILES string of the molecule is C=C[Si](C=C)(CC)C(C)C. The molecule has 0 amide bonds. The first-order chi connectivity index (χ1) is 4.63. The van der Waals surface area contributed by atoms with Crippen LogP contribution in [0.1, 0.15) is 20.8 Å². The van der Waals surface area contributed by atoms with E-state index in [1.54, 1.807) is 0 Å². The second kappa shape index (κ2) is 3.77. The van der Waals surface area contributed by atoms with E-state index in [-0.39, 0.29) is 0 Å². The van der Waals surface area contributed by atoms with Gasteiger partial charge in [0.25, 0.3) is 0 Å². The van der Waals surface area contributed by atoms with E-state index in [1.165, 1.54) is 6.04 Å². The van der Waals surface area contributed by atoms with Crippen molar-refractivity contribution in [2.24, 2.45) is 0 Å². The van der Waals surface area contributed by atoms with Gasteiger partial charge in [-0.2, -0.15) is 0 Å². The predicted molar refractivity (Wildman–Crippen MR) is 51.7 cm³/mol. The van der Waals surface area contributed by atoms with Crippen LogP contribution in [0.4, 0.5) is 0 Å². The summed E-state index contributed by atoms with van der Waals surface area (Å²) in [4.78, 5) is 0. The highest BCUT2D eigenvalue weighted by molar-refractivity contribution is 6.89. The number of rotatable bonds is 4. The third-order valence-electron chi connectivity index (χ3n) is 2.45. The monoisotopic (exact) mass is 154 g/mol. The zero-order chi connectivity index (χ0) is 8.20. The van der Waals surface area contributed by atoms with Crippen LogP contribution < -0.4 is 0 Å². The van der Waals surface area contributed by atoms with Crippen molar-refractivity contribution in [1.29, 1.82) is 0 Å². The maximum Gasteiger partial charge on any atom is 0.103 e. The standard InChI is InChI=1S/C9H18Si/c1-6-10(7-2,8-3)9(4)5/h6-7,9H,1-2,8H2,3-5H3. The molecule has 0 radical (unpaired) electrons. The van der Waals surface area contributed by atoms with Crippen LogP contribution in [0, 0.1) is 0 Å². The maximum atomic E-state index is 3.89. The Morgan fingerprint density at radius 3 is 1.70 bits per heavy atom. The van der Waals surface area contributed by atoms with Gasteiger partial charge in [0.15, 0.2) is 0 Å². The highest BCUT2D eigenvalue weighted by atomic mass is 28.3. The van der Waals surface area contributed by atoms with Gasteiger partial charge in [-0.25, -0.2) is 0 Å². The second-order valence-corrected chi connectivity index (χ2v) is 7.93. The smallest absolute Gasteiger partial charge is 0.103 e. The molecule has 0 aromatic carbocycles. The fraction of sp³-hybridized carbons (Fsp3) is 0.556. The van der Waals surface area contributed by atoms with E-state index in [0.717, 1.165) is 5.54 Å². The van der Waals surface area contributed by atoms with Crippen molar-refractivity contribution in [2.75, 3.05) is 0 Å². The third-order valence-corrected chi connectivity index (χ3v) is 7.34. The summed E-state index contributed by atoms with van der Waals surface area (Å²) in [5.74, 6) is 0. The van der Waals surface area contributed by atoms with Crippen LogP contribution in [-0.4, -0.2) is 8.07 Å². The van der Waals surface area contributed by atoms with Crippen molar-refractivity contribution >= 4 is 8.07 Å². The van der Waals surface area contributed by atoms with Crippen LogP contribution >= 0.6 is 0 Å². The quantitative estimate of drug-likeness (QED) is 0.545. The Labute approximate surface area is 65.7 Å². The molecule has 0 aromatic rings. The van der Waals surface area contributed by atoms with Gasteiger partial charge in [-0.3, -0.25) is 0 Å². The van der Waals surface area contributed by atoms with Crippen molar-refractivity contribution in [1.82, 2.24) is 0 Å². The lowest BCUT2D eigenvalue weighted by Gasteiger charge is -2.26. The molecular weight excluding hydrogens is 136 g/mol. The Hall–Kier alpha value is -0.303. The topological polar surface area (TPSA) is 0 Å². The van der Waals surface area contributed by atoms with Crippen LogP contribution in [0.2, 0.25) is 11.6 Å². The van der Waals surface area contributed by atoms with Gasteiger partial charge in [0.2, 0.25) is 0 Å². The van der Waals surface area contributed by atoms with Crippen molar-refractivity contribution < 1.29 is 0 Å². The molecule has 0 spiro atoms. The Kier molecular flexibility index (Phi) is 3.65. The van der Waals surface area contributed by atoms with Gasteiger partial charge < -0.3 is 0 Å². The molecule has 0 nitrogen and oxygen atoms in total. The third kappa shape index (κ3) is 1.60. The molecule has 0 bridgehead atoms.